The van der Waals surface area contributed by atoms with Gasteiger partial charge in [0, 0.05) is 50.0 Å². The first-order valence-corrected chi connectivity index (χ1v) is 8.62. The number of ether oxygens (including phenoxy) is 1. The molecular formula is C17H24ClN3O2. The van der Waals surface area contributed by atoms with Crippen molar-refractivity contribution in [2.24, 2.45) is 0 Å². The summed E-state index contributed by atoms with van der Waals surface area (Å²) in [6.45, 7) is 3.73. The summed E-state index contributed by atoms with van der Waals surface area (Å²) in [5, 5.41) is 3.55. The van der Waals surface area contributed by atoms with Gasteiger partial charge in [-0.15, -0.1) is 0 Å². The van der Waals surface area contributed by atoms with E-state index in [1.165, 1.54) is 0 Å². The van der Waals surface area contributed by atoms with Crippen LogP contribution in [-0.4, -0.2) is 61.3 Å². The van der Waals surface area contributed by atoms with Gasteiger partial charge in [0.05, 0.1) is 6.10 Å². The minimum atomic E-state index is -0.0399. The molecule has 0 spiro atoms. The predicted octanol–water partition coefficient (Wildman–Crippen LogP) is 3.06. The molecule has 1 aromatic rings. The highest BCUT2D eigenvalue weighted by atomic mass is 35.5. The second kappa shape index (κ2) is 7.51. The molecule has 2 fully saturated rings. The van der Waals surface area contributed by atoms with E-state index in [2.05, 4.69) is 10.2 Å². The van der Waals surface area contributed by atoms with Crippen molar-refractivity contribution < 1.29 is 9.53 Å². The zero-order valence-corrected chi connectivity index (χ0v) is 14.3. The van der Waals surface area contributed by atoms with Crippen molar-refractivity contribution in [1.82, 2.24) is 9.80 Å². The number of amides is 2. The summed E-state index contributed by atoms with van der Waals surface area (Å²) in [5.74, 6) is 0. The number of halogens is 1. The number of nitrogens with one attached hydrogen (secondary N) is 1. The topological polar surface area (TPSA) is 44.8 Å². The monoisotopic (exact) mass is 337 g/mol. The largest absolute Gasteiger partial charge is 0.380 e. The SMILES string of the molecule is COC1CCN(C2CCN(C(=O)Nc3cccc(Cl)c3)CC2)C1. The van der Waals surface area contributed by atoms with Crippen LogP contribution in [0, 0.1) is 0 Å². The fraction of sp³-hybridized carbons (Fsp3) is 0.588. The minimum absolute atomic E-state index is 0.0399. The number of rotatable bonds is 3. The maximum atomic E-state index is 12.3. The van der Waals surface area contributed by atoms with Crippen LogP contribution >= 0.6 is 11.6 Å². The Bertz CT molecular complexity index is 546. The Labute approximate surface area is 142 Å². The Hall–Kier alpha value is -1.30. The van der Waals surface area contributed by atoms with E-state index in [1.807, 2.05) is 17.0 Å². The third-order valence-electron chi connectivity index (χ3n) is 4.85. The van der Waals surface area contributed by atoms with Crippen molar-refractivity contribution in [2.75, 3.05) is 38.6 Å². The van der Waals surface area contributed by atoms with Crippen LogP contribution in [-0.2, 0) is 4.74 Å². The van der Waals surface area contributed by atoms with Gasteiger partial charge in [-0.1, -0.05) is 17.7 Å². The zero-order chi connectivity index (χ0) is 16.2. The summed E-state index contributed by atoms with van der Waals surface area (Å²) >= 11 is 5.95. The molecule has 1 unspecified atom stereocenters. The molecule has 0 radical (unpaired) electrons. The summed E-state index contributed by atoms with van der Waals surface area (Å²) in [6, 6.07) is 7.79. The minimum Gasteiger partial charge on any atom is -0.380 e. The molecule has 126 valence electrons. The van der Waals surface area contributed by atoms with Crippen molar-refractivity contribution in [1.29, 1.82) is 0 Å². The lowest BCUT2D eigenvalue weighted by Crippen LogP contribution is -2.47. The summed E-state index contributed by atoms with van der Waals surface area (Å²) in [5.41, 5.74) is 0.743. The molecule has 2 heterocycles. The van der Waals surface area contributed by atoms with Crippen LogP contribution in [0.25, 0.3) is 0 Å². The Balaban J connectivity index is 1.48. The third kappa shape index (κ3) is 4.16. The molecule has 1 N–H and O–H groups in total. The standard InChI is InChI=1S/C17H24ClN3O2/c1-23-16-7-10-21(12-16)15-5-8-20(9-6-15)17(22)19-14-4-2-3-13(18)11-14/h2-4,11,15-16H,5-10,12H2,1H3,(H,19,22). The van der Waals surface area contributed by atoms with Gasteiger partial charge in [0.25, 0.3) is 0 Å². The number of benzene rings is 1. The molecule has 23 heavy (non-hydrogen) atoms. The highest BCUT2D eigenvalue weighted by Gasteiger charge is 2.31. The van der Waals surface area contributed by atoms with Gasteiger partial charge in [0.15, 0.2) is 0 Å². The zero-order valence-electron chi connectivity index (χ0n) is 13.5. The lowest BCUT2D eigenvalue weighted by atomic mass is 10.0. The fourth-order valence-corrected chi connectivity index (χ4v) is 3.67. The van der Waals surface area contributed by atoms with Gasteiger partial charge in [-0.25, -0.2) is 4.79 Å². The van der Waals surface area contributed by atoms with Crippen LogP contribution in [0.3, 0.4) is 0 Å². The Kier molecular flexibility index (Phi) is 5.41. The van der Waals surface area contributed by atoms with E-state index in [4.69, 9.17) is 16.3 Å². The molecule has 1 aromatic carbocycles. The van der Waals surface area contributed by atoms with Crippen molar-refractivity contribution >= 4 is 23.3 Å². The second-order valence-electron chi connectivity index (χ2n) is 6.30. The maximum Gasteiger partial charge on any atom is 0.321 e. The number of carbonyl (C=O) groups is 1. The number of hydrogen-bond donors (Lipinski definition) is 1. The van der Waals surface area contributed by atoms with E-state index < -0.39 is 0 Å². The van der Waals surface area contributed by atoms with E-state index in [-0.39, 0.29) is 6.03 Å². The Morgan fingerprint density at radius 3 is 2.70 bits per heavy atom. The first-order chi connectivity index (χ1) is 11.2. The highest BCUT2D eigenvalue weighted by molar-refractivity contribution is 6.30. The van der Waals surface area contributed by atoms with Gasteiger partial charge in [0.1, 0.15) is 0 Å². The van der Waals surface area contributed by atoms with E-state index in [9.17, 15) is 4.79 Å². The van der Waals surface area contributed by atoms with E-state index >= 15 is 0 Å². The molecule has 2 saturated heterocycles. The van der Waals surface area contributed by atoms with E-state index in [0.29, 0.717) is 17.2 Å². The number of carbonyl (C=O) groups excluding carboxylic acids is 1. The van der Waals surface area contributed by atoms with Crippen molar-refractivity contribution in [3.8, 4) is 0 Å². The predicted molar refractivity (Wildman–Crippen MR) is 92.1 cm³/mol. The molecular weight excluding hydrogens is 314 g/mol. The van der Waals surface area contributed by atoms with Crippen LogP contribution in [0.4, 0.5) is 10.5 Å². The molecule has 0 bridgehead atoms. The molecule has 2 amide bonds. The summed E-state index contributed by atoms with van der Waals surface area (Å²) < 4.78 is 5.44. The number of urea groups is 1. The third-order valence-corrected chi connectivity index (χ3v) is 5.09. The van der Waals surface area contributed by atoms with Crippen molar-refractivity contribution in [3.05, 3.63) is 29.3 Å². The fourth-order valence-electron chi connectivity index (χ4n) is 3.48. The molecule has 1 atom stereocenters. The average molecular weight is 338 g/mol. The van der Waals surface area contributed by atoms with Gasteiger partial charge >= 0.3 is 6.03 Å². The van der Waals surface area contributed by atoms with E-state index in [0.717, 1.165) is 51.1 Å². The number of anilines is 1. The Morgan fingerprint density at radius 2 is 2.04 bits per heavy atom. The lowest BCUT2D eigenvalue weighted by molar-refractivity contribution is 0.0889. The van der Waals surface area contributed by atoms with Gasteiger partial charge in [-0.3, -0.25) is 4.90 Å². The van der Waals surface area contributed by atoms with Crippen LogP contribution in [0.2, 0.25) is 5.02 Å². The molecule has 0 saturated carbocycles. The molecule has 0 aliphatic carbocycles. The molecule has 2 aliphatic heterocycles. The number of piperidine rings is 1. The Morgan fingerprint density at radius 1 is 1.26 bits per heavy atom. The van der Waals surface area contributed by atoms with Crippen LogP contribution in [0.5, 0.6) is 0 Å². The first kappa shape index (κ1) is 16.6. The maximum absolute atomic E-state index is 12.3. The lowest BCUT2D eigenvalue weighted by Gasteiger charge is -2.36. The summed E-state index contributed by atoms with van der Waals surface area (Å²) in [4.78, 5) is 16.7. The first-order valence-electron chi connectivity index (χ1n) is 8.24. The molecule has 3 rings (SSSR count). The van der Waals surface area contributed by atoms with Gasteiger partial charge in [0.2, 0.25) is 0 Å². The summed E-state index contributed by atoms with van der Waals surface area (Å²) in [6.07, 6.45) is 3.55. The van der Waals surface area contributed by atoms with Crippen LogP contribution in [0.1, 0.15) is 19.3 Å². The van der Waals surface area contributed by atoms with Crippen molar-refractivity contribution in [2.45, 2.75) is 31.4 Å². The summed E-state index contributed by atoms with van der Waals surface area (Å²) in [7, 11) is 1.79. The van der Waals surface area contributed by atoms with Crippen LogP contribution < -0.4 is 5.32 Å². The van der Waals surface area contributed by atoms with Gasteiger partial charge in [-0.2, -0.15) is 0 Å². The highest BCUT2D eigenvalue weighted by Crippen LogP contribution is 2.23. The van der Waals surface area contributed by atoms with Crippen molar-refractivity contribution in [3.63, 3.8) is 0 Å². The molecule has 5 nitrogen and oxygen atoms in total. The van der Waals surface area contributed by atoms with Gasteiger partial charge < -0.3 is 15.0 Å². The quantitative estimate of drug-likeness (QED) is 0.922. The smallest absolute Gasteiger partial charge is 0.321 e. The van der Waals surface area contributed by atoms with Crippen LogP contribution in [0.15, 0.2) is 24.3 Å². The number of methoxy groups -OCH3 is 1. The number of nitrogens with zero attached hydrogens (tertiary/aromatic N) is 2. The second-order valence-corrected chi connectivity index (χ2v) is 6.74. The number of likely N-dealkylation sites (tertiary alicyclic amines) is 2. The average Bonchev–Trinajstić information content (AvgIpc) is 3.04. The van der Waals surface area contributed by atoms with Gasteiger partial charge in [-0.05, 0) is 37.5 Å². The molecule has 0 aromatic heterocycles. The normalized spacial score (nSPS) is 23.2. The molecule has 2 aliphatic rings. The van der Waals surface area contributed by atoms with E-state index in [1.54, 1.807) is 19.2 Å². The molecule has 6 heteroatoms. The number of hydrogen-bond acceptors (Lipinski definition) is 3.